The molecular formula is C12H20N2OS. The number of hydrogen-bond acceptors (Lipinski definition) is 4. The van der Waals surface area contributed by atoms with Crippen LogP contribution in [0.1, 0.15) is 22.6 Å². The average molecular weight is 240 g/mol. The molecule has 2 N–H and O–H groups in total. The molecule has 0 unspecified atom stereocenters. The number of methoxy groups -OCH3 is 1. The highest BCUT2D eigenvalue weighted by atomic mass is 32.1. The molecule has 0 aliphatic heterocycles. The van der Waals surface area contributed by atoms with Crippen LogP contribution in [0.4, 0.5) is 0 Å². The minimum Gasteiger partial charge on any atom is -0.383 e. The minimum atomic E-state index is 0.659. The molecule has 1 aliphatic carbocycles. The normalized spacial score (nSPS) is 15.9. The van der Waals surface area contributed by atoms with Crippen molar-refractivity contribution in [1.82, 2.24) is 4.90 Å². The van der Waals surface area contributed by atoms with Gasteiger partial charge >= 0.3 is 0 Å². The van der Waals surface area contributed by atoms with Crippen LogP contribution in [0.2, 0.25) is 0 Å². The van der Waals surface area contributed by atoms with E-state index in [0.717, 1.165) is 25.7 Å². The lowest BCUT2D eigenvalue weighted by atomic mass is 10.3. The summed E-state index contributed by atoms with van der Waals surface area (Å²) in [7, 11) is 1.77. The molecule has 0 bridgehead atoms. The molecule has 0 saturated heterocycles. The molecule has 0 amide bonds. The molecule has 1 fully saturated rings. The number of rotatable bonds is 7. The number of nitrogens with zero attached hydrogens (tertiary/aromatic N) is 1. The number of ether oxygens (including phenoxy) is 1. The first kappa shape index (κ1) is 12.0. The monoisotopic (exact) mass is 240 g/mol. The topological polar surface area (TPSA) is 38.5 Å². The van der Waals surface area contributed by atoms with Gasteiger partial charge in [0.05, 0.1) is 6.61 Å². The lowest BCUT2D eigenvalue weighted by molar-refractivity contribution is 0.140. The van der Waals surface area contributed by atoms with E-state index in [0.29, 0.717) is 6.54 Å². The van der Waals surface area contributed by atoms with Crippen molar-refractivity contribution in [1.29, 1.82) is 0 Å². The lowest BCUT2D eigenvalue weighted by Gasteiger charge is -2.20. The Balaban J connectivity index is 1.88. The Bertz CT molecular complexity index is 323. The van der Waals surface area contributed by atoms with Crippen molar-refractivity contribution in [2.45, 2.75) is 32.0 Å². The van der Waals surface area contributed by atoms with Crippen molar-refractivity contribution in [2.24, 2.45) is 5.73 Å². The fourth-order valence-corrected chi connectivity index (χ4v) is 2.78. The Hall–Kier alpha value is -0.420. The molecule has 1 saturated carbocycles. The van der Waals surface area contributed by atoms with Crippen LogP contribution < -0.4 is 5.73 Å². The van der Waals surface area contributed by atoms with E-state index in [1.807, 2.05) is 11.3 Å². The zero-order valence-electron chi connectivity index (χ0n) is 9.82. The third kappa shape index (κ3) is 3.28. The van der Waals surface area contributed by atoms with Gasteiger partial charge in [0.1, 0.15) is 0 Å². The van der Waals surface area contributed by atoms with E-state index in [4.69, 9.17) is 10.5 Å². The van der Waals surface area contributed by atoms with Gasteiger partial charge in [0.25, 0.3) is 0 Å². The maximum atomic E-state index is 5.62. The maximum absolute atomic E-state index is 5.62. The first-order chi connectivity index (χ1) is 7.83. The predicted octanol–water partition coefficient (Wildman–Crippen LogP) is 1.82. The van der Waals surface area contributed by atoms with Crippen LogP contribution in [0.15, 0.2) is 12.1 Å². The van der Waals surface area contributed by atoms with Crippen LogP contribution in [0.25, 0.3) is 0 Å². The SMILES string of the molecule is COCCN(Cc1ccc(CN)s1)C1CC1. The Kier molecular flexibility index (Phi) is 4.35. The first-order valence-electron chi connectivity index (χ1n) is 5.84. The van der Waals surface area contributed by atoms with Gasteiger partial charge in [0, 0.05) is 42.5 Å². The summed E-state index contributed by atoms with van der Waals surface area (Å²) in [5.74, 6) is 0. The molecule has 1 aromatic heterocycles. The molecule has 1 heterocycles. The van der Waals surface area contributed by atoms with Gasteiger partial charge in [-0.25, -0.2) is 0 Å². The van der Waals surface area contributed by atoms with E-state index >= 15 is 0 Å². The van der Waals surface area contributed by atoms with E-state index in [1.165, 1.54) is 22.6 Å². The molecule has 1 aromatic rings. The van der Waals surface area contributed by atoms with Crippen molar-refractivity contribution < 1.29 is 4.74 Å². The van der Waals surface area contributed by atoms with Crippen LogP contribution in [-0.2, 0) is 17.8 Å². The third-order valence-electron chi connectivity index (χ3n) is 2.92. The van der Waals surface area contributed by atoms with Crippen molar-refractivity contribution in [3.63, 3.8) is 0 Å². The molecule has 4 heteroatoms. The fraction of sp³-hybridized carbons (Fsp3) is 0.667. The maximum Gasteiger partial charge on any atom is 0.0589 e. The highest BCUT2D eigenvalue weighted by molar-refractivity contribution is 7.11. The minimum absolute atomic E-state index is 0.659. The molecule has 0 radical (unpaired) electrons. The summed E-state index contributed by atoms with van der Waals surface area (Å²) in [6.07, 6.45) is 2.69. The van der Waals surface area contributed by atoms with E-state index in [-0.39, 0.29) is 0 Å². The Labute approximate surface area is 101 Å². The van der Waals surface area contributed by atoms with Gasteiger partial charge in [-0.05, 0) is 25.0 Å². The van der Waals surface area contributed by atoms with Gasteiger partial charge in [-0.2, -0.15) is 0 Å². The van der Waals surface area contributed by atoms with Gasteiger partial charge in [0.15, 0.2) is 0 Å². The summed E-state index contributed by atoms with van der Waals surface area (Å²) in [6, 6.07) is 5.13. The molecule has 1 aliphatic rings. The number of hydrogen-bond donors (Lipinski definition) is 1. The van der Waals surface area contributed by atoms with Crippen molar-refractivity contribution in [3.8, 4) is 0 Å². The molecule has 3 nitrogen and oxygen atoms in total. The molecule has 16 heavy (non-hydrogen) atoms. The summed E-state index contributed by atoms with van der Waals surface area (Å²) in [4.78, 5) is 5.22. The Morgan fingerprint density at radius 2 is 2.19 bits per heavy atom. The van der Waals surface area contributed by atoms with Crippen LogP contribution in [0.3, 0.4) is 0 Å². The van der Waals surface area contributed by atoms with Gasteiger partial charge in [-0.15, -0.1) is 11.3 Å². The largest absolute Gasteiger partial charge is 0.383 e. The summed E-state index contributed by atoms with van der Waals surface area (Å²) in [5.41, 5.74) is 5.62. The summed E-state index contributed by atoms with van der Waals surface area (Å²) in [5, 5.41) is 0. The molecule has 90 valence electrons. The van der Waals surface area contributed by atoms with E-state index in [9.17, 15) is 0 Å². The third-order valence-corrected chi connectivity index (χ3v) is 4.02. The predicted molar refractivity (Wildman–Crippen MR) is 67.5 cm³/mol. The smallest absolute Gasteiger partial charge is 0.0589 e. The zero-order chi connectivity index (χ0) is 11.4. The van der Waals surface area contributed by atoms with Gasteiger partial charge in [-0.3, -0.25) is 4.90 Å². The summed E-state index contributed by atoms with van der Waals surface area (Å²) in [6.45, 7) is 3.58. The first-order valence-corrected chi connectivity index (χ1v) is 6.65. The van der Waals surface area contributed by atoms with Crippen LogP contribution in [0, 0.1) is 0 Å². The highest BCUT2D eigenvalue weighted by Crippen LogP contribution is 2.29. The molecule has 0 spiro atoms. The zero-order valence-corrected chi connectivity index (χ0v) is 10.6. The van der Waals surface area contributed by atoms with Gasteiger partial charge in [-0.1, -0.05) is 0 Å². The average Bonchev–Trinajstić information content (AvgIpc) is 3.05. The van der Waals surface area contributed by atoms with E-state index < -0.39 is 0 Å². The standard InChI is InChI=1S/C12H20N2OS/c1-15-7-6-14(10-2-3-10)9-12-5-4-11(8-13)16-12/h4-5,10H,2-3,6-9,13H2,1H3. The van der Waals surface area contributed by atoms with E-state index in [1.54, 1.807) is 7.11 Å². The second-order valence-corrected chi connectivity index (χ2v) is 5.52. The molecular weight excluding hydrogens is 220 g/mol. The Morgan fingerprint density at radius 1 is 1.44 bits per heavy atom. The van der Waals surface area contributed by atoms with E-state index in [2.05, 4.69) is 17.0 Å². The van der Waals surface area contributed by atoms with Crippen molar-refractivity contribution in [2.75, 3.05) is 20.3 Å². The quantitative estimate of drug-likeness (QED) is 0.790. The van der Waals surface area contributed by atoms with Crippen LogP contribution in [-0.4, -0.2) is 31.2 Å². The van der Waals surface area contributed by atoms with Gasteiger partial charge < -0.3 is 10.5 Å². The van der Waals surface area contributed by atoms with Crippen molar-refractivity contribution >= 4 is 11.3 Å². The molecule has 2 rings (SSSR count). The summed E-state index contributed by atoms with van der Waals surface area (Å²) >= 11 is 1.83. The molecule has 0 atom stereocenters. The van der Waals surface area contributed by atoms with Crippen molar-refractivity contribution in [3.05, 3.63) is 21.9 Å². The van der Waals surface area contributed by atoms with Gasteiger partial charge in [0.2, 0.25) is 0 Å². The Morgan fingerprint density at radius 3 is 2.75 bits per heavy atom. The lowest BCUT2D eigenvalue weighted by Crippen LogP contribution is -2.28. The van der Waals surface area contributed by atoms with Crippen LogP contribution in [0.5, 0.6) is 0 Å². The second-order valence-electron chi connectivity index (χ2n) is 4.27. The second kappa shape index (κ2) is 5.77. The number of nitrogens with two attached hydrogens (primary N) is 1. The fourth-order valence-electron chi connectivity index (χ4n) is 1.86. The molecule has 0 aromatic carbocycles. The van der Waals surface area contributed by atoms with Crippen LogP contribution >= 0.6 is 11.3 Å². The number of thiophene rings is 1. The highest BCUT2D eigenvalue weighted by Gasteiger charge is 2.28. The summed E-state index contributed by atoms with van der Waals surface area (Å²) < 4.78 is 5.16.